The zero-order valence-electron chi connectivity index (χ0n) is 12.3. The van der Waals surface area contributed by atoms with Gasteiger partial charge in [-0.05, 0) is 28.1 Å². The summed E-state index contributed by atoms with van der Waals surface area (Å²) in [5.41, 5.74) is -1.96. The van der Waals surface area contributed by atoms with Gasteiger partial charge in [0.2, 0.25) is 0 Å². The summed E-state index contributed by atoms with van der Waals surface area (Å²) in [6.45, 7) is 2.70. The van der Waals surface area contributed by atoms with E-state index in [0.717, 1.165) is 6.20 Å². The maximum Gasteiger partial charge on any atom is 0.416 e. The van der Waals surface area contributed by atoms with Crippen LogP contribution in [0.1, 0.15) is 19.4 Å². The number of nitrogens with one attached hydrogen (secondary N) is 1. The Morgan fingerprint density at radius 1 is 1.21 bits per heavy atom. The van der Waals surface area contributed by atoms with Crippen molar-refractivity contribution in [2.45, 2.75) is 25.8 Å². The number of alkyl halides is 3. The molecule has 0 saturated carbocycles. The molecule has 10 heteroatoms. The molecule has 2 N–H and O–H groups in total. The number of ether oxygens (including phenoxy) is 2. The second kappa shape index (κ2) is 6.00. The van der Waals surface area contributed by atoms with E-state index < -0.39 is 40.8 Å². The minimum Gasteiger partial charge on any atom is -0.505 e. The van der Waals surface area contributed by atoms with Crippen molar-refractivity contribution in [2.24, 2.45) is 0 Å². The van der Waals surface area contributed by atoms with E-state index in [0.29, 0.717) is 12.1 Å². The molecule has 0 bridgehead atoms. The zero-order valence-corrected chi connectivity index (χ0v) is 13.9. The molecule has 24 heavy (non-hydrogen) atoms. The molecule has 6 nitrogen and oxygen atoms in total. The molecule has 1 aliphatic heterocycles. The van der Waals surface area contributed by atoms with Crippen molar-refractivity contribution in [2.75, 3.05) is 5.32 Å². The minimum absolute atomic E-state index is 0.215. The summed E-state index contributed by atoms with van der Waals surface area (Å²) < 4.78 is 47.8. The van der Waals surface area contributed by atoms with Gasteiger partial charge in [-0.25, -0.2) is 9.59 Å². The number of aromatic hydroxyl groups is 1. The standard InChI is InChI=1S/C14H11BrF3NO5/c1-13(2)23-11(21)7(12(22)24-13)5-19-9-4-6(14(16,17)18)3-8(15)10(9)20/h3-5,19-20H,1-2H3. The Morgan fingerprint density at radius 3 is 2.25 bits per heavy atom. The van der Waals surface area contributed by atoms with Crippen LogP contribution in [0.4, 0.5) is 18.9 Å². The van der Waals surface area contributed by atoms with Crippen LogP contribution in [0.2, 0.25) is 0 Å². The number of hydrogen-bond donors (Lipinski definition) is 2. The van der Waals surface area contributed by atoms with Crippen molar-refractivity contribution in [3.63, 3.8) is 0 Å². The lowest BCUT2D eigenvalue weighted by atomic mass is 10.1. The average molecular weight is 410 g/mol. The van der Waals surface area contributed by atoms with Crippen LogP contribution in [0.5, 0.6) is 5.75 Å². The second-order valence-corrected chi connectivity index (χ2v) is 6.09. The van der Waals surface area contributed by atoms with Crippen molar-refractivity contribution in [1.29, 1.82) is 0 Å². The number of anilines is 1. The number of rotatable bonds is 2. The highest BCUT2D eigenvalue weighted by Gasteiger charge is 2.39. The molecule has 0 amide bonds. The first-order valence-corrected chi connectivity index (χ1v) is 7.23. The molecule has 1 aliphatic rings. The molecule has 2 rings (SSSR count). The van der Waals surface area contributed by atoms with E-state index in [9.17, 15) is 27.9 Å². The van der Waals surface area contributed by atoms with Gasteiger partial charge >= 0.3 is 18.1 Å². The van der Waals surface area contributed by atoms with Gasteiger partial charge in [-0.3, -0.25) is 0 Å². The monoisotopic (exact) mass is 409 g/mol. The van der Waals surface area contributed by atoms with Crippen LogP contribution < -0.4 is 5.32 Å². The van der Waals surface area contributed by atoms with Crippen molar-refractivity contribution < 1.29 is 37.3 Å². The highest BCUT2D eigenvalue weighted by atomic mass is 79.9. The van der Waals surface area contributed by atoms with Crippen LogP contribution in [0, 0.1) is 0 Å². The van der Waals surface area contributed by atoms with Gasteiger partial charge in [-0.2, -0.15) is 13.2 Å². The molecule has 1 aromatic carbocycles. The summed E-state index contributed by atoms with van der Waals surface area (Å²) in [6.07, 6.45) is -3.84. The van der Waals surface area contributed by atoms with Gasteiger partial charge in [0.15, 0.2) is 11.3 Å². The molecular weight excluding hydrogens is 399 g/mol. The van der Waals surface area contributed by atoms with Gasteiger partial charge in [0.1, 0.15) is 0 Å². The summed E-state index contributed by atoms with van der Waals surface area (Å²) >= 11 is 2.80. The maximum atomic E-state index is 12.8. The Morgan fingerprint density at radius 2 is 1.75 bits per heavy atom. The summed E-state index contributed by atoms with van der Waals surface area (Å²) in [5, 5.41) is 12.1. The number of benzene rings is 1. The normalized spacial score (nSPS) is 17.2. The van der Waals surface area contributed by atoms with Gasteiger partial charge in [0.25, 0.3) is 5.79 Å². The van der Waals surface area contributed by atoms with Gasteiger partial charge in [-0.1, -0.05) is 0 Å². The number of esters is 2. The van der Waals surface area contributed by atoms with Crippen molar-refractivity contribution in [3.8, 4) is 5.75 Å². The summed E-state index contributed by atoms with van der Waals surface area (Å²) in [6, 6.07) is 1.32. The largest absolute Gasteiger partial charge is 0.505 e. The van der Waals surface area contributed by atoms with Gasteiger partial charge in [0.05, 0.1) is 15.7 Å². The second-order valence-electron chi connectivity index (χ2n) is 5.23. The first kappa shape index (κ1) is 18.1. The topological polar surface area (TPSA) is 84.9 Å². The van der Waals surface area contributed by atoms with Crippen LogP contribution >= 0.6 is 15.9 Å². The van der Waals surface area contributed by atoms with Gasteiger partial charge in [-0.15, -0.1) is 0 Å². The lowest BCUT2D eigenvalue weighted by Gasteiger charge is -2.29. The van der Waals surface area contributed by atoms with Gasteiger partial charge < -0.3 is 19.9 Å². The van der Waals surface area contributed by atoms with E-state index >= 15 is 0 Å². The van der Waals surface area contributed by atoms with E-state index in [2.05, 4.69) is 21.2 Å². The fraction of sp³-hybridized carbons (Fsp3) is 0.286. The molecular formula is C14H11BrF3NO5. The molecule has 1 fully saturated rings. The van der Waals surface area contributed by atoms with Crippen molar-refractivity contribution in [1.82, 2.24) is 0 Å². The fourth-order valence-corrected chi connectivity index (χ4v) is 2.26. The Hall–Kier alpha value is -2.23. The molecule has 0 aromatic heterocycles. The third-order valence-electron chi connectivity index (χ3n) is 2.88. The average Bonchev–Trinajstić information content (AvgIpc) is 2.39. The predicted octanol–water partition coefficient (Wildman–Crippen LogP) is 3.31. The van der Waals surface area contributed by atoms with Crippen molar-refractivity contribution in [3.05, 3.63) is 33.9 Å². The molecule has 0 unspecified atom stereocenters. The molecule has 1 saturated heterocycles. The smallest absolute Gasteiger partial charge is 0.416 e. The number of cyclic esters (lactones) is 2. The highest BCUT2D eigenvalue weighted by Crippen LogP contribution is 2.39. The van der Waals surface area contributed by atoms with Crippen LogP contribution in [-0.2, 0) is 25.2 Å². The maximum absolute atomic E-state index is 12.8. The van der Waals surface area contributed by atoms with Crippen LogP contribution in [0.3, 0.4) is 0 Å². The first-order chi connectivity index (χ1) is 10.9. The Labute approximate surface area is 142 Å². The lowest BCUT2D eigenvalue weighted by molar-refractivity contribution is -0.222. The summed E-state index contributed by atoms with van der Waals surface area (Å²) in [7, 11) is 0. The predicted molar refractivity (Wildman–Crippen MR) is 78.8 cm³/mol. The van der Waals surface area contributed by atoms with E-state index in [1.165, 1.54) is 13.8 Å². The Balaban J connectivity index is 2.33. The van der Waals surface area contributed by atoms with E-state index in [-0.39, 0.29) is 10.2 Å². The molecule has 130 valence electrons. The third kappa shape index (κ3) is 3.81. The molecule has 1 aromatic rings. The minimum atomic E-state index is -4.65. The summed E-state index contributed by atoms with van der Waals surface area (Å²) in [5.74, 6) is -3.98. The Bertz CT molecular complexity index is 721. The van der Waals surface area contributed by atoms with E-state index in [1.54, 1.807) is 0 Å². The molecule has 0 aliphatic carbocycles. The Kier molecular flexibility index (Phi) is 4.53. The van der Waals surface area contributed by atoms with Crippen LogP contribution in [-0.4, -0.2) is 22.8 Å². The van der Waals surface area contributed by atoms with Crippen molar-refractivity contribution >= 4 is 33.6 Å². The first-order valence-electron chi connectivity index (χ1n) is 6.44. The number of carbonyl (C=O) groups is 2. The summed E-state index contributed by atoms with van der Waals surface area (Å²) in [4.78, 5) is 23.5. The number of phenolic OH excluding ortho intramolecular Hbond substituents is 1. The third-order valence-corrected chi connectivity index (χ3v) is 3.48. The lowest BCUT2D eigenvalue weighted by Crippen LogP contribution is -2.42. The molecule has 0 radical (unpaired) electrons. The number of halogens is 4. The number of hydrogen-bond acceptors (Lipinski definition) is 6. The number of carbonyl (C=O) groups excluding carboxylic acids is 2. The SMILES string of the molecule is CC1(C)OC(=O)C(=CNc2cc(C(F)(F)F)cc(Br)c2O)C(=O)O1. The highest BCUT2D eigenvalue weighted by molar-refractivity contribution is 9.10. The van der Waals surface area contributed by atoms with E-state index in [1.807, 2.05) is 0 Å². The fourth-order valence-electron chi connectivity index (χ4n) is 1.80. The van der Waals surface area contributed by atoms with Crippen LogP contribution in [0.15, 0.2) is 28.4 Å². The van der Waals surface area contributed by atoms with Crippen LogP contribution in [0.25, 0.3) is 0 Å². The zero-order chi connectivity index (χ0) is 18.3. The van der Waals surface area contributed by atoms with E-state index in [4.69, 9.17) is 9.47 Å². The quantitative estimate of drug-likeness (QED) is 0.337. The number of phenols is 1. The molecule has 0 spiro atoms. The molecule has 0 atom stereocenters. The molecule has 1 heterocycles. The van der Waals surface area contributed by atoms with Gasteiger partial charge in [0, 0.05) is 20.0 Å².